The summed E-state index contributed by atoms with van der Waals surface area (Å²) in [6, 6.07) is 14.2. The van der Waals surface area contributed by atoms with E-state index in [1.165, 1.54) is 18.1 Å². The lowest BCUT2D eigenvalue weighted by Crippen LogP contribution is -2.28. The first-order chi connectivity index (χ1) is 10.1. The Morgan fingerprint density at radius 1 is 1.10 bits per heavy atom. The summed E-state index contributed by atoms with van der Waals surface area (Å²) in [4.78, 5) is 12.7. The maximum absolute atomic E-state index is 11.4. The molecule has 0 aliphatic rings. The van der Waals surface area contributed by atoms with E-state index in [-0.39, 0.29) is 12.3 Å². The Morgan fingerprint density at radius 3 is 2.38 bits per heavy atom. The van der Waals surface area contributed by atoms with Crippen molar-refractivity contribution in [2.45, 2.75) is 13.1 Å². The number of nitrogens with zero attached hydrogens (tertiary/aromatic N) is 1. The number of aromatic hydroxyl groups is 1. The van der Waals surface area contributed by atoms with Crippen LogP contribution in [0.5, 0.6) is 11.5 Å². The second-order valence-electron chi connectivity index (χ2n) is 4.63. The first kappa shape index (κ1) is 14.7. The third kappa shape index (κ3) is 3.89. The van der Waals surface area contributed by atoms with E-state index in [1.54, 1.807) is 12.1 Å². The van der Waals surface area contributed by atoms with Crippen molar-refractivity contribution in [3.63, 3.8) is 0 Å². The summed E-state index contributed by atoms with van der Waals surface area (Å²) in [5.41, 5.74) is 1.67. The van der Waals surface area contributed by atoms with E-state index in [4.69, 9.17) is 4.74 Å². The Morgan fingerprint density at radius 2 is 1.76 bits per heavy atom. The largest absolute Gasteiger partial charge is 0.504 e. The molecule has 0 atom stereocenters. The van der Waals surface area contributed by atoms with E-state index in [0.29, 0.717) is 12.3 Å². The predicted molar refractivity (Wildman–Crippen MR) is 78.4 cm³/mol. The zero-order chi connectivity index (χ0) is 15.2. The van der Waals surface area contributed by atoms with Crippen LogP contribution >= 0.6 is 0 Å². The third-order valence-electron chi connectivity index (χ3n) is 3.10. The average Bonchev–Trinajstić information content (AvgIpc) is 2.49. The number of phenols is 1. The van der Waals surface area contributed by atoms with Gasteiger partial charge in [-0.05, 0) is 23.3 Å². The summed E-state index contributed by atoms with van der Waals surface area (Å²) in [5, 5.41) is 18.9. The molecule has 0 spiro atoms. The highest BCUT2D eigenvalue weighted by molar-refractivity contribution is 5.65. The van der Waals surface area contributed by atoms with E-state index in [1.807, 2.05) is 30.3 Å². The number of hydrogen-bond donors (Lipinski definition) is 2. The van der Waals surface area contributed by atoms with Crippen LogP contribution in [0, 0.1) is 0 Å². The normalized spacial score (nSPS) is 10.1. The molecule has 0 saturated carbocycles. The van der Waals surface area contributed by atoms with Gasteiger partial charge in [-0.3, -0.25) is 4.90 Å². The second kappa shape index (κ2) is 6.65. The number of rotatable bonds is 5. The van der Waals surface area contributed by atoms with Gasteiger partial charge >= 0.3 is 6.09 Å². The van der Waals surface area contributed by atoms with Gasteiger partial charge in [-0.2, -0.15) is 0 Å². The number of amides is 1. The van der Waals surface area contributed by atoms with Crippen LogP contribution < -0.4 is 4.74 Å². The van der Waals surface area contributed by atoms with Crippen LogP contribution in [-0.2, 0) is 13.1 Å². The van der Waals surface area contributed by atoms with Crippen molar-refractivity contribution in [2.24, 2.45) is 0 Å². The molecule has 0 heterocycles. The number of carbonyl (C=O) groups is 1. The molecule has 1 amide bonds. The summed E-state index contributed by atoms with van der Waals surface area (Å²) in [6.07, 6.45) is -0.995. The molecule has 0 fully saturated rings. The molecular formula is C16H17NO4. The molecule has 2 N–H and O–H groups in total. The molecule has 0 bridgehead atoms. The van der Waals surface area contributed by atoms with Gasteiger partial charge in [0.2, 0.25) is 0 Å². The molecule has 2 aromatic carbocycles. The summed E-state index contributed by atoms with van der Waals surface area (Å²) in [6.45, 7) is 0.528. The van der Waals surface area contributed by atoms with Gasteiger partial charge in [-0.15, -0.1) is 0 Å². The van der Waals surface area contributed by atoms with Crippen molar-refractivity contribution >= 4 is 6.09 Å². The average molecular weight is 287 g/mol. The lowest BCUT2D eigenvalue weighted by atomic mass is 10.1. The monoisotopic (exact) mass is 287 g/mol. The number of methoxy groups -OCH3 is 1. The number of phenolic OH excluding ortho intramolecular Hbond substituents is 1. The van der Waals surface area contributed by atoms with Crippen molar-refractivity contribution in [3.8, 4) is 11.5 Å². The Balaban J connectivity index is 2.15. The van der Waals surface area contributed by atoms with E-state index < -0.39 is 6.09 Å². The molecule has 0 aliphatic heterocycles. The highest BCUT2D eigenvalue weighted by Gasteiger charge is 2.14. The summed E-state index contributed by atoms with van der Waals surface area (Å²) >= 11 is 0. The quantitative estimate of drug-likeness (QED) is 0.886. The lowest BCUT2D eigenvalue weighted by Gasteiger charge is -2.20. The number of carboxylic acid groups (broad SMARTS) is 1. The lowest BCUT2D eigenvalue weighted by molar-refractivity contribution is 0.139. The van der Waals surface area contributed by atoms with Gasteiger partial charge in [0, 0.05) is 13.1 Å². The fourth-order valence-corrected chi connectivity index (χ4v) is 2.04. The molecule has 2 aromatic rings. The Bertz CT molecular complexity index is 613. The van der Waals surface area contributed by atoms with Gasteiger partial charge in [0.05, 0.1) is 7.11 Å². The van der Waals surface area contributed by atoms with Crippen LogP contribution in [-0.4, -0.2) is 28.3 Å². The minimum Gasteiger partial charge on any atom is -0.504 e. The smallest absolute Gasteiger partial charge is 0.407 e. The van der Waals surface area contributed by atoms with Crippen LogP contribution in [0.1, 0.15) is 11.1 Å². The minimum atomic E-state index is -0.995. The van der Waals surface area contributed by atoms with Gasteiger partial charge in [0.25, 0.3) is 0 Å². The fraction of sp³-hybridized carbons (Fsp3) is 0.188. The topological polar surface area (TPSA) is 70.0 Å². The number of benzene rings is 2. The van der Waals surface area contributed by atoms with Gasteiger partial charge in [-0.1, -0.05) is 36.4 Å². The molecule has 0 aliphatic carbocycles. The van der Waals surface area contributed by atoms with E-state index in [2.05, 4.69) is 0 Å². The molecule has 2 rings (SSSR count). The molecule has 0 radical (unpaired) electrons. The standard InChI is InChI=1S/C16H17NO4/c1-21-15-9-13(7-8-14(15)18)11-17(16(19)20)10-12-5-3-2-4-6-12/h2-9,18H,10-11H2,1H3,(H,19,20). The van der Waals surface area contributed by atoms with Crippen molar-refractivity contribution < 1.29 is 19.7 Å². The molecule has 0 saturated heterocycles. The van der Waals surface area contributed by atoms with Crippen LogP contribution in [0.2, 0.25) is 0 Å². The zero-order valence-electron chi connectivity index (χ0n) is 11.7. The molecule has 0 unspecified atom stereocenters. The molecular weight excluding hydrogens is 270 g/mol. The Hall–Kier alpha value is -2.69. The summed E-state index contributed by atoms with van der Waals surface area (Å²) in [7, 11) is 1.46. The Labute approximate surface area is 123 Å². The van der Waals surface area contributed by atoms with Gasteiger partial charge < -0.3 is 14.9 Å². The van der Waals surface area contributed by atoms with Crippen LogP contribution in [0.3, 0.4) is 0 Å². The van der Waals surface area contributed by atoms with Crippen LogP contribution in [0.15, 0.2) is 48.5 Å². The fourth-order valence-electron chi connectivity index (χ4n) is 2.04. The van der Waals surface area contributed by atoms with Gasteiger partial charge in [0.15, 0.2) is 11.5 Å². The summed E-state index contributed by atoms with van der Waals surface area (Å²) in [5.74, 6) is 0.365. The molecule has 5 heteroatoms. The van der Waals surface area contributed by atoms with Gasteiger partial charge in [-0.25, -0.2) is 4.79 Å². The highest BCUT2D eigenvalue weighted by Crippen LogP contribution is 2.27. The van der Waals surface area contributed by atoms with Crippen molar-refractivity contribution in [1.82, 2.24) is 4.90 Å². The second-order valence-corrected chi connectivity index (χ2v) is 4.63. The highest BCUT2D eigenvalue weighted by atomic mass is 16.5. The maximum atomic E-state index is 11.4. The molecule has 5 nitrogen and oxygen atoms in total. The molecule has 21 heavy (non-hydrogen) atoms. The van der Waals surface area contributed by atoms with Crippen molar-refractivity contribution in [2.75, 3.05) is 7.11 Å². The first-order valence-corrected chi connectivity index (χ1v) is 6.48. The van der Waals surface area contributed by atoms with E-state index in [0.717, 1.165) is 11.1 Å². The Kier molecular flexibility index (Phi) is 4.66. The zero-order valence-corrected chi connectivity index (χ0v) is 11.7. The maximum Gasteiger partial charge on any atom is 0.407 e. The van der Waals surface area contributed by atoms with Crippen molar-refractivity contribution in [3.05, 3.63) is 59.7 Å². The van der Waals surface area contributed by atoms with Crippen LogP contribution in [0.25, 0.3) is 0 Å². The van der Waals surface area contributed by atoms with Crippen LogP contribution in [0.4, 0.5) is 4.79 Å². The van der Waals surface area contributed by atoms with E-state index >= 15 is 0 Å². The number of hydrogen-bond acceptors (Lipinski definition) is 3. The SMILES string of the molecule is COc1cc(CN(Cc2ccccc2)C(=O)O)ccc1O. The van der Waals surface area contributed by atoms with Gasteiger partial charge in [0.1, 0.15) is 0 Å². The third-order valence-corrected chi connectivity index (χ3v) is 3.10. The predicted octanol–water partition coefficient (Wildman–Crippen LogP) is 3.08. The van der Waals surface area contributed by atoms with Crippen molar-refractivity contribution in [1.29, 1.82) is 0 Å². The molecule has 0 aromatic heterocycles. The first-order valence-electron chi connectivity index (χ1n) is 6.48. The number of ether oxygens (including phenoxy) is 1. The molecule has 110 valence electrons. The van der Waals surface area contributed by atoms with E-state index in [9.17, 15) is 15.0 Å². The minimum absolute atomic E-state index is 0.0335. The summed E-state index contributed by atoms with van der Waals surface area (Å²) < 4.78 is 5.03.